The molecule has 0 aliphatic rings. The van der Waals surface area contributed by atoms with Crippen LogP contribution in [0.25, 0.3) is 0 Å². The Bertz CT molecular complexity index is 539. The Kier molecular flexibility index (Phi) is 3.68. The van der Waals surface area contributed by atoms with Gasteiger partial charge >= 0.3 is 0 Å². The van der Waals surface area contributed by atoms with E-state index in [-0.39, 0.29) is 17.3 Å². The van der Waals surface area contributed by atoms with Crippen LogP contribution in [0.15, 0.2) is 34.9 Å². The Hall–Kier alpha value is -1.49. The summed E-state index contributed by atoms with van der Waals surface area (Å²) >= 11 is 0. The lowest BCUT2D eigenvalue weighted by atomic mass is 10.2. The molecule has 0 aliphatic heterocycles. The SMILES string of the molecule is Cc1cc(C[S@@](=O)Cc2ccccc2F)no1. The van der Waals surface area contributed by atoms with E-state index in [0.29, 0.717) is 17.0 Å². The standard InChI is InChI=1S/C12H12FNO2S/c1-9-6-11(14-16-9)8-17(15)7-10-4-2-3-5-12(10)13/h2-6H,7-8H2,1H3/t17-/m0/s1. The number of hydrogen-bond acceptors (Lipinski definition) is 3. The van der Waals surface area contributed by atoms with Crippen molar-refractivity contribution in [3.63, 3.8) is 0 Å². The molecule has 1 aromatic carbocycles. The maximum Gasteiger partial charge on any atom is 0.133 e. The first-order valence-electron chi connectivity index (χ1n) is 5.16. The summed E-state index contributed by atoms with van der Waals surface area (Å²) in [5.74, 6) is 0.838. The van der Waals surface area contributed by atoms with Gasteiger partial charge in [-0.05, 0) is 13.0 Å². The van der Waals surface area contributed by atoms with E-state index >= 15 is 0 Å². The minimum atomic E-state index is -1.18. The first-order valence-corrected chi connectivity index (χ1v) is 6.64. The number of benzene rings is 1. The zero-order valence-corrected chi connectivity index (χ0v) is 10.2. The minimum absolute atomic E-state index is 0.193. The van der Waals surface area contributed by atoms with Crippen LogP contribution in [0.3, 0.4) is 0 Å². The highest BCUT2D eigenvalue weighted by molar-refractivity contribution is 7.83. The molecule has 0 fully saturated rings. The molecule has 1 aromatic heterocycles. The van der Waals surface area contributed by atoms with Crippen LogP contribution in [0, 0.1) is 12.7 Å². The van der Waals surface area contributed by atoms with Crippen LogP contribution < -0.4 is 0 Å². The van der Waals surface area contributed by atoms with Crippen molar-refractivity contribution in [2.45, 2.75) is 18.4 Å². The normalized spacial score (nSPS) is 12.6. The minimum Gasteiger partial charge on any atom is -0.361 e. The van der Waals surface area contributed by atoms with Gasteiger partial charge in [0.25, 0.3) is 0 Å². The molecule has 17 heavy (non-hydrogen) atoms. The molecule has 2 aromatic rings. The molecule has 2 rings (SSSR count). The number of aryl methyl sites for hydroxylation is 1. The Morgan fingerprint density at radius 2 is 2.12 bits per heavy atom. The van der Waals surface area contributed by atoms with Gasteiger partial charge in [0.05, 0.1) is 17.2 Å². The summed E-state index contributed by atoms with van der Waals surface area (Å²) < 4.78 is 30.0. The van der Waals surface area contributed by atoms with Gasteiger partial charge in [-0.15, -0.1) is 0 Å². The van der Waals surface area contributed by atoms with Gasteiger partial charge in [-0.3, -0.25) is 4.21 Å². The summed E-state index contributed by atoms with van der Waals surface area (Å²) in [5, 5.41) is 3.76. The summed E-state index contributed by atoms with van der Waals surface area (Å²) in [5.41, 5.74) is 1.10. The van der Waals surface area contributed by atoms with Gasteiger partial charge in [-0.2, -0.15) is 0 Å². The smallest absolute Gasteiger partial charge is 0.133 e. The molecule has 0 saturated carbocycles. The lowest BCUT2D eigenvalue weighted by molar-refractivity contribution is 0.392. The summed E-state index contributed by atoms with van der Waals surface area (Å²) in [6.45, 7) is 1.77. The third kappa shape index (κ3) is 3.23. The average Bonchev–Trinajstić information content (AvgIpc) is 2.67. The first-order chi connectivity index (χ1) is 8.15. The third-order valence-electron chi connectivity index (χ3n) is 2.26. The van der Waals surface area contributed by atoms with E-state index in [1.165, 1.54) is 6.07 Å². The van der Waals surface area contributed by atoms with Gasteiger partial charge in [0, 0.05) is 22.4 Å². The Morgan fingerprint density at radius 1 is 1.35 bits per heavy atom. The van der Waals surface area contributed by atoms with E-state index in [2.05, 4.69) is 5.16 Å². The zero-order valence-electron chi connectivity index (χ0n) is 9.35. The van der Waals surface area contributed by atoms with Crippen molar-refractivity contribution in [2.75, 3.05) is 0 Å². The molecule has 1 heterocycles. The predicted octanol–water partition coefficient (Wildman–Crippen LogP) is 2.57. The summed E-state index contributed by atoms with van der Waals surface area (Å²) in [6, 6.07) is 8.09. The van der Waals surface area contributed by atoms with Gasteiger partial charge < -0.3 is 4.52 Å². The molecule has 0 spiro atoms. The van der Waals surface area contributed by atoms with Crippen molar-refractivity contribution in [3.8, 4) is 0 Å². The van der Waals surface area contributed by atoms with Crippen LogP contribution in [-0.2, 0) is 22.3 Å². The number of hydrogen-bond donors (Lipinski definition) is 0. The van der Waals surface area contributed by atoms with Crippen LogP contribution >= 0.6 is 0 Å². The fourth-order valence-corrected chi connectivity index (χ4v) is 2.64. The Labute approximate surface area is 101 Å². The van der Waals surface area contributed by atoms with Gasteiger partial charge in [0.15, 0.2) is 0 Å². The number of nitrogens with zero attached hydrogens (tertiary/aromatic N) is 1. The van der Waals surface area contributed by atoms with Gasteiger partial charge in [-0.1, -0.05) is 23.4 Å². The van der Waals surface area contributed by atoms with Crippen molar-refractivity contribution < 1.29 is 13.1 Å². The summed E-state index contributed by atoms with van der Waals surface area (Å²) in [6.07, 6.45) is 0. The van der Waals surface area contributed by atoms with E-state index in [1.807, 2.05) is 0 Å². The second kappa shape index (κ2) is 5.23. The van der Waals surface area contributed by atoms with E-state index in [4.69, 9.17) is 4.52 Å². The maximum atomic E-state index is 13.3. The van der Waals surface area contributed by atoms with Crippen molar-refractivity contribution in [2.24, 2.45) is 0 Å². The fraction of sp³-hybridized carbons (Fsp3) is 0.250. The molecule has 90 valence electrons. The van der Waals surface area contributed by atoms with Crippen LogP contribution in [0.2, 0.25) is 0 Å². The zero-order chi connectivity index (χ0) is 12.3. The monoisotopic (exact) mass is 253 g/mol. The third-order valence-corrected chi connectivity index (χ3v) is 3.51. The van der Waals surface area contributed by atoms with Crippen LogP contribution in [0.4, 0.5) is 4.39 Å². The molecular formula is C12H12FNO2S. The van der Waals surface area contributed by atoms with E-state index < -0.39 is 10.8 Å². The lowest BCUT2D eigenvalue weighted by Gasteiger charge is -2.01. The molecule has 0 bridgehead atoms. The highest BCUT2D eigenvalue weighted by Gasteiger charge is 2.09. The Balaban J connectivity index is 2.01. The van der Waals surface area contributed by atoms with E-state index in [9.17, 15) is 8.60 Å². The quantitative estimate of drug-likeness (QED) is 0.841. The van der Waals surface area contributed by atoms with Crippen molar-refractivity contribution in [3.05, 3.63) is 53.2 Å². The molecule has 0 N–H and O–H groups in total. The lowest BCUT2D eigenvalue weighted by Crippen LogP contribution is -2.01. The molecule has 5 heteroatoms. The number of halogens is 1. The van der Waals surface area contributed by atoms with Crippen molar-refractivity contribution in [1.29, 1.82) is 0 Å². The van der Waals surface area contributed by atoms with Crippen molar-refractivity contribution >= 4 is 10.8 Å². The Morgan fingerprint density at radius 3 is 2.76 bits per heavy atom. The molecule has 3 nitrogen and oxygen atoms in total. The largest absolute Gasteiger partial charge is 0.361 e. The fourth-order valence-electron chi connectivity index (χ4n) is 1.49. The predicted molar refractivity (Wildman–Crippen MR) is 63.2 cm³/mol. The average molecular weight is 253 g/mol. The molecule has 0 radical (unpaired) electrons. The summed E-state index contributed by atoms with van der Waals surface area (Å²) in [7, 11) is -1.18. The summed E-state index contributed by atoms with van der Waals surface area (Å²) in [4.78, 5) is 0. The van der Waals surface area contributed by atoms with Gasteiger partial charge in [0.1, 0.15) is 11.6 Å². The van der Waals surface area contributed by atoms with Crippen LogP contribution in [0.5, 0.6) is 0 Å². The van der Waals surface area contributed by atoms with Gasteiger partial charge in [0.2, 0.25) is 0 Å². The van der Waals surface area contributed by atoms with E-state index in [0.717, 1.165) is 0 Å². The maximum absolute atomic E-state index is 13.3. The number of aromatic nitrogens is 1. The van der Waals surface area contributed by atoms with E-state index in [1.54, 1.807) is 31.2 Å². The van der Waals surface area contributed by atoms with Crippen molar-refractivity contribution in [1.82, 2.24) is 5.16 Å². The molecule has 0 saturated heterocycles. The molecule has 0 aliphatic carbocycles. The molecule has 1 atom stereocenters. The molecule has 0 unspecified atom stereocenters. The highest BCUT2D eigenvalue weighted by Crippen LogP contribution is 2.12. The second-order valence-electron chi connectivity index (χ2n) is 3.75. The topological polar surface area (TPSA) is 43.1 Å². The van der Waals surface area contributed by atoms with Crippen LogP contribution in [0.1, 0.15) is 17.0 Å². The molecule has 0 amide bonds. The van der Waals surface area contributed by atoms with Crippen LogP contribution in [-0.4, -0.2) is 9.37 Å². The first kappa shape index (κ1) is 12.0. The van der Waals surface area contributed by atoms with Gasteiger partial charge in [-0.25, -0.2) is 4.39 Å². The molecular weight excluding hydrogens is 241 g/mol. The number of rotatable bonds is 4. The highest BCUT2D eigenvalue weighted by atomic mass is 32.2. The second-order valence-corrected chi connectivity index (χ2v) is 5.21.